The van der Waals surface area contributed by atoms with Crippen LogP contribution in [0.15, 0.2) is 36.7 Å². The van der Waals surface area contributed by atoms with Crippen LogP contribution in [0, 0.1) is 11.3 Å². The van der Waals surface area contributed by atoms with Crippen LogP contribution < -0.4 is 14.2 Å². The molecule has 8 heteroatoms. The molecule has 146 valence electrons. The Bertz CT molecular complexity index is 835. The Balaban J connectivity index is 1.52. The highest BCUT2D eigenvalue weighted by molar-refractivity contribution is 5.78. The van der Waals surface area contributed by atoms with E-state index in [9.17, 15) is 4.79 Å². The fourth-order valence-corrected chi connectivity index (χ4v) is 2.94. The van der Waals surface area contributed by atoms with Crippen molar-refractivity contribution in [2.24, 2.45) is 0 Å². The minimum Gasteiger partial charge on any atom is -0.494 e. The highest BCUT2D eigenvalue weighted by Gasteiger charge is 2.26. The number of hydrogen-bond donors (Lipinski definition) is 0. The molecule has 1 atom stereocenters. The van der Waals surface area contributed by atoms with Gasteiger partial charge in [0.25, 0.3) is 11.8 Å². The van der Waals surface area contributed by atoms with Crippen LogP contribution in [-0.2, 0) is 4.79 Å². The van der Waals surface area contributed by atoms with E-state index in [1.54, 1.807) is 17.0 Å². The second-order valence-electron chi connectivity index (χ2n) is 6.24. The summed E-state index contributed by atoms with van der Waals surface area (Å²) in [5.41, 5.74) is 0.143. The van der Waals surface area contributed by atoms with Gasteiger partial charge >= 0.3 is 0 Å². The lowest BCUT2D eigenvalue weighted by Crippen LogP contribution is -2.46. The van der Waals surface area contributed by atoms with Crippen molar-refractivity contribution in [3.63, 3.8) is 0 Å². The SMILES string of the molecule is CCOc1ccc(OCC(=O)N2CCCC(Oc3nccnc3C#N)C2)cc1. The number of likely N-dealkylation sites (tertiary alicyclic amines) is 1. The van der Waals surface area contributed by atoms with E-state index in [0.29, 0.717) is 25.4 Å². The first kappa shape index (κ1) is 19.4. The van der Waals surface area contributed by atoms with Gasteiger partial charge in [-0.15, -0.1) is 0 Å². The van der Waals surface area contributed by atoms with Crippen LogP contribution in [0.25, 0.3) is 0 Å². The first-order chi connectivity index (χ1) is 13.7. The summed E-state index contributed by atoms with van der Waals surface area (Å²) in [5.74, 6) is 1.47. The van der Waals surface area contributed by atoms with Gasteiger partial charge < -0.3 is 19.1 Å². The van der Waals surface area contributed by atoms with E-state index in [2.05, 4.69) is 9.97 Å². The van der Waals surface area contributed by atoms with E-state index in [0.717, 1.165) is 18.6 Å². The molecule has 1 aromatic heterocycles. The molecule has 1 amide bonds. The summed E-state index contributed by atoms with van der Waals surface area (Å²) in [7, 11) is 0. The van der Waals surface area contributed by atoms with Gasteiger partial charge in [0.2, 0.25) is 5.69 Å². The predicted octanol–water partition coefficient (Wildman–Crippen LogP) is 2.20. The zero-order chi connectivity index (χ0) is 19.8. The zero-order valence-electron chi connectivity index (χ0n) is 15.7. The van der Waals surface area contributed by atoms with Crippen LogP contribution in [0.4, 0.5) is 0 Å². The molecule has 28 heavy (non-hydrogen) atoms. The summed E-state index contributed by atoms with van der Waals surface area (Å²) in [5, 5.41) is 9.09. The number of rotatable bonds is 7. The van der Waals surface area contributed by atoms with E-state index in [4.69, 9.17) is 19.5 Å². The number of piperidine rings is 1. The molecule has 0 saturated carbocycles. The van der Waals surface area contributed by atoms with Gasteiger partial charge in [-0.1, -0.05) is 0 Å². The Morgan fingerprint density at radius 3 is 2.64 bits per heavy atom. The zero-order valence-corrected chi connectivity index (χ0v) is 15.7. The number of carbonyl (C=O) groups excluding carboxylic acids is 1. The van der Waals surface area contributed by atoms with Crippen molar-refractivity contribution < 1.29 is 19.0 Å². The Hall–Kier alpha value is -3.34. The fraction of sp³-hybridized carbons (Fsp3) is 0.400. The van der Waals surface area contributed by atoms with E-state index in [1.165, 1.54) is 12.4 Å². The number of benzene rings is 1. The largest absolute Gasteiger partial charge is 0.494 e. The lowest BCUT2D eigenvalue weighted by Gasteiger charge is -2.32. The minimum atomic E-state index is -0.230. The highest BCUT2D eigenvalue weighted by atomic mass is 16.5. The van der Waals surface area contributed by atoms with E-state index in [-0.39, 0.29) is 30.2 Å². The first-order valence-electron chi connectivity index (χ1n) is 9.20. The molecule has 1 aromatic carbocycles. The lowest BCUT2D eigenvalue weighted by molar-refractivity contribution is -0.136. The monoisotopic (exact) mass is 382 g/mol. The molecule has 1 aliphatic rings. The maximum atomic E-state index is 12.5. The molecule has 0 radical (unpaired) electrons. The summed E-state index contributed by atoms with van der Waals surface area (Å²) in [6.45, 7) is 3.55. The average Bonchev–Trinajstić information content (AvgIpc) is 2.74. The molecule has 1 fully saturated rings. The Kier molecular flexibility index (Phi) is 6.63. The maximum absolute atomic E-state index is 12.5. The number of nitrogens with zero attached hydrogens (tertiary/aromatic N) is 4. The summed E-state index contributed by atoms with van der Waals surface area (Å²) >= 11 is 0. The van der Waals surface area contributed by atoms with Crippen molar-refractivity contribution in [1.29, 1.82) is 5.26 Å². The van der Waals surface area contributed by atoms with Crippen LogP contribution in [0.1, 0.15) is 25.5 Å². The molecule has 0 aliphatic carbocycles. The number of ether oxygens (including phenoxy) is 3. The van der Waals surface area contributed by atoms with Crippen molar-refractivity contribution >= 4 is 5.91 Å². The standard InChI is InChI=1S/C20H22N4O4/c1-2-26-15-5-7-16(8-6-15)27-14-19(25)24-11-3-4-17(13-24)28-20-18(12-21)22-9-10-23-20/h5-10,17H,2-4,11,13-14H2,1H3. The third kappa shape index (κ3) is 5.10. The van der Waals surface area contributed by atoms with Gasteiger partial charge in [0.1, 0.15) is 23.7 Å². The topological polar surface area (TPSA) is 97.6 Å². The normalized spacial score (nSPS) is 16.1. The molecule has 1 saturated heterocycles. The van der Waals surface area contributed by atoms with Gasteiger partial charge in [-0.25, -0.2) is 9.97 Å². The quantitative estimate of drug-likeness (QED) is 0.724. The summed E-state index contributed by atoms with van der Waals surface area (Å²) in [6.07, 6.45) is 4.28. The van der Waals surface area contributed by atoms with Crippen molar-refractivity contribution in [3.05, 3.63) is 42.4 Å². The van der Waals surface area contributed by atoms with Gasteiger partial charge in [-0.2, -0.15) is 5.26 Å². The Labute approximate surface area is 163 Å². The molecule has 0 spiro atoms. The van der Waals surface area contributed by atoms with Crippen molar-refractivity contribution in [3.8, 4) is 23.4 Å². The van der Waals surface area contributed by atoms with Crippen molar-refractivity contribution in [2.45, 2.75) is 25.9 Å². The average molecular weight is 382 g/mol. The van der Waals surface area contributed by atoms with Crippen LogP contribution in [0.5, 0.6) is 17.4 Å². The van der Waals surface area contributed by atoms with Gasteiger partial charge in [0.15, 0.2) is 6.61 Å². The van der Waals surface area contributed by atoms with Gasteiger partial charge in [-0.3, -0.25) is 4.79 Å². The maximum Gasteiger partial charge on any atom is 0.260 e. The Morgan fingerprint density at radius 1 is 1.21 bits per heavy atom. The second kappa shape index (κ2) is 9.55. The van der Waals surface area contributed by atoms with Crippen LogP contribution in [0.3, 0.4) is 0 Å². The summed E-state index contributed by atoms with van der Waals surface area (Å²) in [4.78, 5) is 22.2. The van der Waals surface area contributed by atoms with Crippen LogP contribution in [0.2, 0.25) is 0 Å². The van der Waals surface area contributed by atoms with E-state index < -0.39 is 0 Å². The molecular formula is C20H22N4O4. The lowest BCUT2D eigenvalue weighted by atomic mass is 10.1. The third-order valence-corrected chi connectivity index (χ3v) is 4.28. The van der Waals surface area contributed by atoms with Gasteiger partial charge in [0.05, 0.1) is 13.2 Å². The molecule has 1 unspecified atom stereocenters. The van der Waals surface area contributed by atoms with E-state index in [1.807, 2.05) is 25.1 Å². The molecule has 3 rings (SSSR count). The molecule has 0 bridgehead atoms. The van der Waals surface area contributed by atoms with E-state index >= 15 is 0 Å². The highest BCUT2D eigenvalue weighted by Crippen LogP contribution is 2.20. The summed E-state index contributed by atoms with van der Waals surface area (Å²) < 4.78 is 16.8. The predicted molar refractivity (Wildman–Crippen MR) is 100 cm³/mol. The molecule has 1 aliphatic heterocycles. The smallest absolute Gasteiger partial charge is 0.260 e. The molecule has 2 aromatic rings. The van der Waals surface area contributed by atoms with Crippen molar-refractivity contribution in [1.82, 2.24) is 14.9 Å². The second-order valence-corrected chi connectivity index (χ2v) is 6.24. The van der Waals surface area contributed by atoms with Crippen LogP contribution in [-0.4, -0.2) is 53.2 Å². The Morgan fingerprint density at radius 2 is 1.93 bits per heavy atom. The number of nitriles is 1. The van der Waals surface area contributed by atoms with Crippen LogP contribution >= 0.6 is 0 Å². The number of aromatic nitrogens is 2. The number of carbonyl (C=O) groups is 1. The fourth-order valence-electron chi connectivity index (χ4n) is 2.94. The number of hydrogen-bond acceptors (Lipinski definition) is 7. The van der Waals surface area contributed by atoms with Crippen molar-refractivity contribution in [2.75, 3.05) is 26.3 Å². The minimum absolute atomic E-state index is 0.0463. The molecule has 0 N–H and O–H groups in total. The van der Waals surface area contributed by atoms with Gasteiger partial charge in [-0.05, 0) is 44.0 Å². The molecule has 8 nitrogen and oxygen atoms in total. The van der Waals surface area contributed by atoms with Gasteiger partial charge in [0, 0.05) is 18.9 Å². The first-order valence-corrected chi connectivity index (χ1v) is 9.20. The molecular weight excluding hydrogens is 360 g/mol. The summed E-state index contributed by atoms with van der Waals surface area (Å²) in [6, 6.07) is 9.13. The number of amides is 1. The third-order valence-electron chi connectivity index (χ3n) is 4.28. The molecule has 2 heterocycles.